The van der Waals surface area contributed by atoms with E-state index in [9.17, 15) is 4.79 Å². The molecule has 3 aromatic rings. The Morgan fingerprint density at radius 2 is 1.82 bits per heavy atom. The van der Waals surface area contributed by atoms with Crippen LogP contribution in [0.15, 0.2) is 42.5 Å². The Balaban J connectivity index is 1.53. The lowest BCUT2D eigenvalue weighted by atomic mass is 9.97. The number of nitrogens with zero attached hydrogens (tertiary/aromatic N) is 2. The number of rotatable bonds is 4. The third-order valence-electron chi connectivity index (χ3n) is 5.95. The van der Waals surface area contributed by atoms with Crippen LogP contribution in [0.5, 0.6) is 0 Å². The minimum atomic E-state index is 0.253. The normalized spacial score (nSPS) is 19.9. The molecule has 1 saturated heterocycles. The van der Waals surface area contributed by atoms with Crippen LogP contribution in [0.1, 0.15) is 54.3 Å². The van der Waals surface area contributed by atoms with Gasteiger partial charge in [0.05, 0.1) is 17.1 Å². The lowest BCUT2D eigenvalue weighted by Crippen LogP contribution is -2.48. The second kappa shape index (κ2) is 8.04. The van der Waals surface area contributed by atoms with Crippen LogP contribution < -0.4 is 0 Å². The Labute approximate surface area is 171 Å². The van der Waals surface area contributed by atoms with Gasteiger partial charge in [-0.15, -0.1) is 11.3 Å². The van der Waals surface area contributed by atoms with Crippen LogP contribution in [0, 0.1) is 6.92 Å². The highest BCUT2D eigenvalue weighted by Crippen LogP contribution is 2.28. The standard InChI is InChI=1S/C24H28N2OS/c1-16-8-6-9-17(2)26(16)24(27)15-22-18(3)25-23(28-22)14-20-12-7-11-19-10-4-5-13-21(19)20/h4-5,7,10-13,16-17H,6,8-9,14-15H2,1-3H3. The van der Waals surface area contributed by atoms with E-state index in [0.29, 0.717) is 18.5 Å². The number of likely N-dealkylation sites (tertiary alicyclic amines) is 1. The molecule has 2 unspecified atom stereocenters. The Hall–Kier alpha value is -2.20. The van der Waals surface area contributed by atoms with Gasteiger partial charge in [0.25, 0.3) is 0 Å². The Bertz CT molecular complexity index is 978. The second-order valence-electron chi connectivity index (χ2n) is 8.04. The summed E-state index contributed by atoms with van der Waals surface area (Å²) in [5.74, 6) is 0.253. The number of hydrogen-bond acceptors (Lipinski definition) is 3. The van der Waals surface area contributed by atoms with Gasteiger partial charge in [0, 0.05) is 23.4 Å². The first-order valence-electron chi connectivity index (χ1n) is 10.3. The summed E-state index contributed by atoms with van der Waals surface area (Å²) in [6.07, 6.45) is 4.75. The van der Waals surface area contributed by atoms with Gasteiger partial charge in [-0.05, 0) is 56.4 Å². The van der Waals surface area contributed by atoms with Crippen molar-refractivity contribution >= 4 is 28.0 Å². The smallest absolute Gasteiger partial charge is 0.228 e. The van der Waals surface area contributed by atoms with Crippen LogP contribution in [0.3, 0.4) is 0 Å². The van der Waals surface area contributed by atoms with Crippen molar-refractivity contribution in [1.82, 2.24) is 9.88 Å². The van der Waals surface area contributed by atoms with Crippen molar-refractivity contribution < 1.29 is 4.79 Å². The summed E-state index contributed by atoms with van der Waals surface area (Å²) in [4.78, 5) is 21.0. The number of benzene rings is 2. The van der Waals surface area contributed by atoms with Gasteiger partial charge in [-0.1, -0.05) is 42.5 Å². The quantitative estimate of drug-likeness (QED) is 0.585. The van der Waals surface area contributed by atoms with Gasteiger partial charge in [-0.2, -0.15) is 0 Å². The highest BCUT2D eigenvalue weighted by molar-refractivity contribution is 7.11. The Morgan fingerprint density at radius 1 is 1.11 bits per heavy atom. The molecule has 28 heavy (non-hydrogen) atoms. The van der Waals surface area contributed by atoms with Crippen LogP contribution in [-0.2, 0) is 17.6 Å². The van der Waals surface area contributed by atoms with E-state index >= 15 is 0 Å². The van der Waals surface area contributed by atoms with E-state index < -0.39 is 0 Å². The molecular formula is C24H28N2OS. The lowest BCUT2D eigenvalue weighted by Gasteiger charge is -2.39. The zero-order chi connectivity index (χ0) is 19.7. The van der Waals surface area contributed by atoms with Crippen molar-refractivity contribution in [2.75, 3.05) is 0 Å². The molecule has 2 heterocycles. The summed E-state index contributed by atoms with van der Waals surface area (Å²) in [5.41, 5.74) is 2.30. The maximum absolute atomic E-state index is 13.0. The number of aryl methyl sites for hydroxylation is 1. The molecule has 0 radical (unpaired) electrons. The average molecular weight is 393 g/mol. The van der Waals surface area contributed by atoms with Crippen LogP contribution in [0.4, 0.5) is 0 Å². The largest absolute Gasteiger partial charge is 0.337 e. The van der Waals surface area contributed by atoms with Gasteiger partial charge in [0.1, 0.15) is 0 Å². The number of fused-ring (bicyclic) bond motifs is 1. The fourth-order valence-electron chi connectivity index (χ4n) is 4.48. The third kappa shape index (κ3) is 3.83. The van der Waals surface area contributed by atoms with Crippen molar-refractivity contribution in [2.45, 2.75) is 65.0 Å². The molecule has 0 N–H and O–H groups in total. The summed E-state index contributed by atoms with van der Waals surface area (Å²) in [6, 6.07) is 15.6. The zero-order valence-electron chi connectivity index (χ0n) is 16.9. The second-order valence-corrected chi connectivity index (χ2v) is 9.21. The number of carbonyl (C=O) groups excluding carboxylic acids is 1. The molecule has 1 amide bonds. The van der Waals surface area contributed by atoms with Gasteiger partial charge >= 0.3 is 0 Å². The first kappa shape index (κ1) is 19.1. The molecule has 1 aromatic heterocycles. The summed E-state index contributed by atoms with van der Waals surface area (Å²) in [7, 11) is 0. The molecule has 0 spiro atoms. The zero-order valence-corrected chi connectivity index (χ0v) is 17.8. The number of carbonyl (C=O) groups is 1. The number of amides is 1. The molecule has 4 rings (SSSR count). The molecule has 1 aliphatic rings. The molecule has 2 aromatic carbocycles. The summed E-state index contributed by atoms with van der Waals surface area (Å²) < 4.78 is 0. The van der Waals surface area contributed by atoms with E-state index in [4.69, 9.17) is 4.98 Å². The van der Waals surface area contributed by atoms with Gasteiger partial charge < -0.3 is 4.90 Å². The maximum atomic E-state index is 13.0. The maximum Gasteiger partial charge on any atom is 0.228 e. The topological polar surface area (TPSA) is 33.2 Å². The fraction of sp³-hybridized carbons (Fsp3) is 0.417. The predicted molar refractivity (Wildman–Crippen MR) is 117 cm³/mol. The van der Waals surface area contributed by atoms with Crippen molar-refractivity contribution in [1.29, 1.82) is 0 Å². The minimum absolute atomic E-state index is 0.253. The van der Waals surface area contributed by atoms with Crippen molar-refractivity contribution in [3.8, 4) is 0 Å². The molecule has 1 fully saturated rings. The van der Waals surface area contributed by atoms with E-state index in [-0.39, 0.29) is 5.91 Å². The number of aromatic nitrogens is 1. The number of hydrogen-bond donors (Lipinski definition) is 0. The Kier molecular flexibility index (Phi) is 5.49. The molecule has 0 aliphatic carbocycles. The van der Waals surface area contributed by atoms with Gasteiger partial charge in [0.15, 0.2) is 0 Å². The predicted octanol–water partition coefficient (Wildman–Crippen LogP) is 5.53. The molecule has 0 bridgehead atoms. The van der Waals surface area contributed by atoms with Gasteiger partial charge in [-0.3, -0.25) is 4.79 Å². The molecule has 2 atom stereocenters. The molecular weight excluding hydrogens is 364 g/mol. The average Bonchev–Trinajstić information content (AvgIpc) is 3.01. The summed E-state index contributed by atoms with van der Waals surface area (Å²) in [5, 5.41) is 3.64. The Morgan fingerprint density at radius 3 is 2.61 bits per heavy atom. The van der Waals surface area contributed by atoms with Gasteiger partial charge in [0.2, 0.25) is 5.91 Å². The van der Waals surface area contributed by atoms with Crippen LogP contribution in [-0.4, -0.2) is 27.9 Å². The number of piperidine rings is 1. The molecule has 0 saturated carbocycles. The lowest BCUT2D eigenvalue weighted by molar-refractivity contribution is -0.136. The monoisotopic (exact) mass is 392 g/mol. The first-order chi connectivity index (χ1) is 13.5. The highest BCUT2D eigenvalue weighted by atomic mass is 32.1. The van der Waals surface area contributed by atoms with Crippen LogP contribution in [0.25, 0.3) is 10.8 Å². The van der Waals surface area contributed by atoms with Crippen molar-refractivity contribution in [2.24, 2.45) is 0 Å². The third-order valence-corrected chi connectivity index (χ3v) is 7.11. The minimum Gasteiger partial charge on any atom is -0.337 e. The summed E-state index contributed by atoms with van der Waals surface area (Å²) in [6.45, 7) is 6.40. The van der Waals surface area contributed by atoms with E-state index in [1.54, 1.807) is 11.3 Å². The molecule has 4 heteroatoms. The van der Waals surface area contributed by atoms with Crippen molar-refractivity contribution in [3.63, 3.8) is 0 Å². The van der Waals surface area contributed by atoms with E-state index in [0.717, 1.165) is 34.8 Å². The molecule has 3 nitrogen and oxygen atoms in total. The summed E-state index contributed by atoms with van der Waals surface area (Å²) >= 11 is 1.70. The number of thiazole rings is 1. The van der Waals surface area contributed by atoms with E-state index in [1.165, 1.54) is 22.8 Å². The van der Waals surface area contributed by atoms with Gasteiger partial charge in [-0.25, -0.2) is 4.98 Å². The van der Waals surface area contributed by atoms with Crippen molar-refractivity contribution in [3.05, 3.63) is 63.6 Å². The SMILES string of the molecule is Cc1nc(Cc2cccc3ccccc23)sc1CC(=O)N1C(C)CCCC1C. The molecule has 146 valence electrons. The first-order valence-corrected chi connectivity index (χ1v) is 11.1. The van der Waals surface area contributed by atoms with E-state index in [1.807, 2.05) is 6.92 Å². The highest BCUT2D eigenvalue weighted by Gasteiger charge is 2.29. The molecule has 1 aliphatic heterocycles. The van der Waals surface area contributed by atoms with Crippen LogP contribution >= 0.6 is 11.3 Å². The van der Waals surface area contributed by atoms with E-state index in [2.05, 4.69) is 61.2 Å². The fourth-order valence-corrected chi connectivity index (χ4v) is 5.56. The van der Waals surface area contributed by atoms with Crippen LogP contribution in [0.2, 0.25) is 0 Å².